The van der Waals surface area contributed by atoms with Gasteiger partial charge in [-0.2, -0.15) is 0 Å². The molecular formula is C24H24N4O4S. The van der Waals surface area contributed by atoms with Gasteiger partial charge in [0.25, 0.3) is 0 Å². The lowest BCUT2D eigenvalue weighted by Gasteiger charge is -2.09. The van der Waals surface area contributed by atoms with Crippen molar-refractivity contribution in [2.24, 2.45) is 0 Å². The SMILES string of the molecule is CCS(=O)(=O)NC(=O)Nc1cccc(Cc2c(-c3ccccc3)[nH]c3cc(OC)ccc23)n1. The van der Waals surface area contributed by atoms with Crippen LogP contribution in [0, 0.1) is 0 Å². The number of carbonyl (C=O) groups excluding carboxylic acids is 1. The number of aromatic amines is 1. The van der Waals surface area contributed by atoms with Gasteiger partial charge in [0.05, 0.1) is 18.6 Å². The summed E-state index contributed by atoms with van der Waals surface area (Å²) in [5.41, 5.74) is 4.75. The summed E-state index contributed by atoms with van der Waals surface area (Å²) in [7, 11) is -2.03. The van der Waals surface area contributed by atoms with Crippen LogP contribution in [0.5, 0.6) is 5.75 Å². The lowest BCUT2D eigenvalue weighted by atomic mass is 10.0. The van der Waals surface area contributed by atoms with Gasteiger partial charge in [0.2, 0.25) is 10.0 Å². The Kier molecular flexibility index (Phi) is 6.32. The van der Waals surface area contributed by atoms with E-state index in [0.717, 1.165) is 39.2 Å². The molecule has 0 bridgehead atoms. The van der Waals surface area contributed by atoms with Crippen molar-refractivity contribution in [3.8, 4) is 17.0 Å². The summed E-state index contributed by atoms with van der Waals surface area (Å²) < 4.78 is 30.6. The number of methoxy groups -OCH3 is 1. The highest BCUT2D eigenvalue weighted by Crippen LogP contribution is 2.33. The molecule has 0 saturated carbocycles. The van der Waals surface area contributed by atoms with E-state index in [-0.39, 0.29) is 11.6 Å². The van der Waals surface area contributed by atoms with Crippen LogP contribution in [0.1, 0.15) is 18.2 Å². The van der Waals surface area contributed by atoms with Crippen molar-refractivity contribution in [1.82, 2.24) is 14.7 Å². The predicted octanol–water partition coefficient (Wildman–Crippen LogP) is 4.30. The molecule has 4 rings (SSSR count). The second-order valence-electron chi connectivity index (χ2n) is 7.41. The van der Waals surface area contributed by atoms with Gasteiger partial charge < -0.3 is 9.72 Å². The zero-order valence-corrected chi connectivity index (χ0v) is 19.1. The van der Waals surface area contributed by atoms with Gasteiger partial charge in [-0.3, -0.25) is 5.32 Å². The molecule has 0 aliphatic heterocycles. The van der Waals surface area contributed by atoms with Crippen molar-refractivity contribution in [2.75, 3.05) is 18.2 Å². The van der Waals surface area contributed by atoms with Crippen molar-refractivity contribution < 1.29 is 17.9 Å². The zero-order valence-electron chi connectivity index (χ0n) is 18.3. The Morgan fingerprint density at radius 2 is 1.85 bits per heavy atom. The summed E-state index contributed by atoms with van der Waals surface area (Å²) in [4.78, 5) is 20.0. The highest BCUT2D eigenvalue weighted by Gasteiger charge is 2.16. The summed E-state index contributed by atoms with van der Waals surface area (Å²) in [5, 5.41) is 3.53. The zero-order chi connectivity index (χ0) is 23.4. The van der Waals surface area contributed by atoms with Crippen LogP contribution < -0.4 is 14.8 Å². The Labute approximate surface area is 192 Å². The number of amides is 2. The number of rotatable bonds is 7. The first-order valence-electron chi connectivity index (χ1n) is 10.4. The first-order valence-corrected chi connectivity index (χ1v) is 12.0. The van der Waals surface area contributed by atoms with Gasteiger partial charge in [-0.1, -0.05) is 36.4 Å². The molecule has 170 valence electrons. The third kappa shape index (κ3) is 5.15. The minimum absolute atomic E-state index is 0.193. The van der Waals surface area contributed by atoms with E-state index in [2.05, 4.69) is 15.3 Å². The van der Waals surface area contributed by atoms with Gasteiger partial charge in [-0.15, -0.1) is 0 Å². The van der Waals surface area contributed by atoms with Crippen molar-refractivity contribution >= 4 is 32.8 Å². The number of ether oxygens (including phenoxy) is 1. The summed E-state index contributed by atoms with van der Waals surface area (Å²) in [6.45, 7) is 1.45. The van der Waals surface area contributed by atoms with Crippen LogP contribution in [-0.4, -0.2) is 37.3 Å². The third-order valence-electron chi connectivity index (χ3n) is 5.21. The number of urea groups is 1. The van der Waals surface area contributed by atoms with Crippen molar-refractivity contribution in [3.63, 3.8) is 0 Å². The Morgan fingerprint density at radius 1 is 1.06 bits per heavy atom. The first-order chi connectivity index (χ1) is 15.9. The molecule has 8 nitrogen and oxygen atoms in total. The van der Waals surface area contributed by atoms with Gasteiger partial charge in [0.15, 0.2) is 0 Å². The molecule has 9 heteroatoms. The lowest BCUT2D eigenvalue weighted by molar-refractivity contribution is 0.256. The highest BCUT2D eigenvalue weighted by atomic mass is 32.2. The minimum Gasteiger partial charge on any atom is -0.497 e. The minimum atomic E-state index is -3.66. The van der Waals surface area contributed by atoms with Crippen LogP contribution in [0.15, 0.2) is 66.7 Å². The summed E-state index contributed by atoms with van der Waals surface area (Å²) in [6, 6.07) is 20.3. The molecule has 0 spiro atoms. The molecule has 33 heavy (non-hydrogen) atoms. The van der Waals surface area contributed by atoms with E-state index in [1.54, 1.807) is 19.2 Å². The number of anilines is 1. The Bertz CT molecular complexity index is 1400. The monoisotopic (exact) mass is 464 g/mol. The Balaban J connectivity index is 1.67. The van der Waals surface area contributed by atoms with Crippen LogP contribution in [0.4, 0.5) is 10.6 Å². The van der Waals surface area contributed by atoms with Crippen LogP contribution in [0.3, 0.4) is 0 Å². The van der Waals surface area contributed by atoms with E-state index in [4.69, 9.17) is 4.74 Å². The number of hydrogen-bond donors (Lipinski definition) is 3. The van der Waals surface area contributed by atoms with E-state index < -0.39 is 16.1 Å². The van der Waals surface area contributed by atoms with Gasteiger partial charge >= 0.3 is 6.03 Å². The van der Waals surface area contributed by atoms with Crippen LogP contribution in [-0.2, 0) is 16.4 Å². The fraction of sp³-hybridized carbons (Fsp3) is 0.167. The fourth-order valence-corrected chi connectivity index (χ4v) is 4.06. The summed E-state index contributed by atoms with van der Waals surface area (Å²) in [5.74, 6) is 0.827. The quantitative estimate of drug-likeness (QED) is 0.377. The van der Waals surface area contributed by atoms with Crippen molar-refractivity contribution in [2.45, 2.75) is 13.3 Å². The summed E-state index contributed by atoms with van der Waals surface area (Å²) >= 11 is 0. The second kappa shape index (κ2) is 9.33. The predicted molar refractivity (Wildman–Crippen MR) is 129 cm³/mol. The van der Waals surface area contributed by atoms with E-state index in [1.807, 2.05) is 59.3 Å². The van der Waals surface area contributed by atoms with E-state index >= 15 is 0 Å². The number of hydrogen-bond acceptors (Lipinski definition) is 5. The standard InChI is InChI=1S/C24H24N4O4S/c1-3-33(30,31)28-24(29)27-22-11-7-10-17(25-22)14-20-19-13-12-18(32-2)15-21(19)26-23(20)16-8-5-4-6-9-16/h4-13,15,26H,3,14H2,1-2H3,(H2,25,27,28,29). The van der Waals surface area contributed by atoms with Crippen molar-refractivity contribution in [3.05, 3.63) is 78.0 Å². The van der Waals surface area contributed by atoms with Gasteiger partial charge in [-0.25, -0.2) is 22.9 Å². The maximum absolute atomic E-state index is 12.0. The molecule has 0 unspecified atom stereocenters. The number of H-pyrrole nitrogens is 1. The highest BCUT2D eigenvalue weighted by molar-refractivity contribution is 7.90. The maximum atomic E-state index is 12.0. The van der Waals surface area contributed by atoms with E-state index in [1.165, 1.54) is 6.92 Å². The Hall–Kier alpha value is -3.85. The number of nitrogens with one attached hydrogen (secondary N) is 3. The number of pyridine rings is 1. The first kappa shape index (κ1) is 22.3. The van der Waals surface area contributed by atoms with Gasteiger partial charge in [0, 0.05) is 29.1 Å². The normalized spacial score (nSPS) is 11.3. The number of aromatic nitrogens is 2. The van der Waals surface area contributed by atoms with Crippen LogP contribution in [0.25, 0.3) is 22.2 Å². The number of sulfonamides is 1. The average Bonchev–Trinajstić information content (AvgIpc) is 3.17. The largest absolute Gasteiger partial charge is 0.497 e. The van der Waals surface area contributed by atoms with Crippen LogP contribution >= 0.6 is 0 Å². The molecule has 0 aliphatic carbocycles. The molecule has 2 aromatic heterocycles. The lowest BCUT2D eigenvalue weighted by Crippen LogP contribution is -2.35. The molecule has 0 aliphatic rings. The van der Waals surface area contributed by atoms with E-state index in [9.17, 15) is 13.2 Å². The maximum Gasteiger partial charge on any atom is 0.334 e. The number of carbonyl (C=O) groups is 1. The smallest absolute Gasteiger partial charge is 0.334 e. The summed E-state index contributed by atoms with van der Waals surface area (Å²) in [6.07, 6.45) is 0.501. The molecule has 3 N–H and O–H groups in total. The third-order valence-corrected chi connectivity index (χ3v) is 6.47. The molecule has 2 aromatic carbocycles. The number of fused-ring (bicyclic) bond motifs is 1. The molecule has 0 fully saturated rings. The second-order valence-corrected chi connectivity index (χ2v) is 9.42. The van der Waals surface area contributed by atoms with Crippen molar-refractivity contribution in [1.29, 1.82) is 0 Å². The average molecular weight is 465 g/mol. The Morgan fingerprint density at radius 3 is 2.58 bits per heavy atom. The van der Waals surface area contributed by atoms with Gasteiger partial charge in [-0.05, 0) is 42.3 Å². The fourth-order valence-electron chi connectivity index (χ4n) is 3.58. The molecule has 0 saturated heterocycles. The van der Waals surface area contributed by atoms with Crippen LogP contribution in [0.2, 0.25) is 0 Å². The molecule has 4 aromatic rings. The topological polar surface area (TPSA) is 113 Å². The van der Waals surface area contributed by atoms with E-state index in [0.29, 0.717) is 6.42 Å². The number of benzene rings is 2. The number of nitrogens with zero attached hydrogens (tertiary/aromatic N) is 1. The van der Waals surface area contributed by atoms with Gasteiger partial charge in [0.1, 0.15) is 11.6 Å². The molecule has 2 amide bonds. The molecular weight excluding hydrogens is 440 g/mol. The molecule has 2 heterocycles. The molecule has 0 radical (unpaired) electrons. The molecule has 0 atom stereocenters.